The van der Waals surface area contributed by atoms with Crippen LogP contribution in [-0.4, -0.2) is 51.6 Å². The number of carbonyl (C=O) groups is 2. The van der Waals surface area contributed by atoms with Crippen molar-refractivity contribution < 1.29 is 14.3 Å². The molecule has 0 aliphatic carbocycles. The van der Waals surface area contributed by atoms with E-state index in [2.05, 4.69) is 15.3 Å². The molecule has 1 atom stereocenters. The molecule has 2 amide bonds. The van der Waals surface area contributed by atoms with Crippen molar-refractivity contribution in [2.45, 2.75) is 51.7 Å². The molecule has 0 spiro atoms. The summed E-state index contributed by atoms with van der Waals surface area (Å²) in [4.78, 5) is 35.3. The molecular formula is C20H26N4O3S. The van der Waals surface area contributed by atoms with Crippen LogP contribution in [-0.2, 0) is 16.0 Å². The van der Waals surface area contributed by atoms with E-state index >= 15 is 0 Å². The Morgan fingerprint density at radius 3 is 2.86 bits per heavy atom. The molecule has 0 radical (unpaired) electrons. The van der Waals surface area contributed by atoms with Crippen LogP contribution in [0.15, 0.2) is 29.8 Å². The number of ether oxygens (including phenoxy) is 1. The molecule has 2 aromatic heterocycles. The van der Waals surface area contributed by atoms with Gasteiger partial charge in [0.2, 0.25) is 5.91 Å². The third-order valence-electron chi connectivity index (χ3n) is 4.30. The van der Waals surface area contributed by atoms with E-state index in [1.54, 1.807) is 17.5 Å². The van der Waals surface area contributed by atoms with Crippen LogP contribution in [0.2, 0.25) is 0 Å². The standard InChI is InChI=1S/C20H26N4O3S/c1-20(2,3)27-19(26)24-12-6-8-16(24)18(25)22-11-9-17-23-15(13-28-17)14-7-4-5-10-21-14/h4-5,7,10,13,16H,6,8-9,11-12H2,1-3H3,(H,22,25). The molecule has 1 unspecified atom stereocenters. The lowest BCUT2D eigenvalue weighted by Gasteiger charge is -2.28. The zero-order valence-electron chi connectivity index (χ0n) is 16.5. The summed E-state index contributed by atoms with van der Waals surface area (Å²) in [6.07, 6.45) is 3.42. The summed E-state index contributed by atoms with van der Waals surface area (Å²) < 4.78 is 5.41. The van der Waals surface area contributed by atoms with Gasteiger partial charge >= 0.3 is 6.09 Å². The quantitative estimate of drug-likeness (QED) is 0.830. The van der Waals surface area contributed by atoms with Crippen LogP contribution < -0.4 is 5.32 Å². The molecule has 3 heterocycles. The van der Waals surface area contributed by atoms with Gasteiger partial charge in [0.1, 0.15) is 11.6 Å². The lowest BCUT2D eigenvalue weighted by Crippen LogP contribution is -2.47. The van der Waals surface area contributed by atoms with Crippen molar-refractivity contribution in [1.29, 1.82) is 0 Å². The summed E-state index contributed by atoms with van der Waals surface area (Å²) in [5.74, 6) is -0.134. The zero-order chi connectivity index (χ0) is 20.1. The van der Waals surface area contributed by atoms with Crippen LogP contribution in [0.1, 0.15) is 38.6 Å². The molecule has 1 N–H and O–H groups in total. The first-order valence-corrected chi connectivity index (χ1v) is 10.3. The predicted molar refractivity (Wildman–Crippen MR) is 108 cm³/mol. The second-order valence-corrected chi connectivity index (χ2v) is 8.66. The van der Waals surface area contributed by atoms with Crippen molar-refractivity contribution >= 4 is 23.3 Å². The van der Waals surface area contributed by atoms with Crippen molar-refractivity contribution in [2.75, 3.05) is 13.1 Å². The summed E-state index contributed by atoms with van der Waals surface area (Å²) in [6, 6.07) is 5.26. The Kier molecular flexibility index (Phi) is 6.28. The minimum atomic E-state index is -0.573. The smallest absolute Gasteiger partial charge is 0.410 e. The number of nitrogens with one attached hydrogen (secondary N) is 1. The van der Waals surface area contributed by atoms with Gasteiger partial charge < -0.3 is 10.1 Å². The van der Waals surface area contributed by atoms with E-state index in [0.717, 1.165) is 22.8 Å². The number of hydrogen-bond donors (Lipinski definition) is 1. The molecule has 1 saturated heterocycles. The first-order valence-electron chi connectivity index (χ1n) is 9.46. The Hall–Kier alpha value is -2.48. The molecular weight excluding hydrogens is 376 g/mol. The number of amides is 2. The average Bonchev–Trinajstić information content (AvgIpc) is 3.30. The Morgan fingerprint density at radius 1 is 1.32 bits per heavy atom. The van der Waals surface area contributed by atoms with Crippen LogP contribution in [0.3, 0.4) is 0 Å². The van der Waals surface area contributed by atoms with Gasteiger partial charge in [-0.1, -0.05) is 6.07 Å². The second kappa shape index (κ2) is 8.68. The lowest BCUT2D eigenvalue weighted by atomic mass is 10.2. The molecule has 28 heavy (non-hydrogen) atoms. The molecule has 0 aromatic carbocycles. The van der Waals surface area contributed by atoms with Crippen LogP contribution in [0.25, 0.3) is 11.4 Å². The van der Waals surface area contributed by atoms with Crippen molar-refractivity contribution in [1.82, 2.24) is 20.2 Å². The SMILES string of the molecule is CC(C)(C)OC(=O)N1CCCC1C(=O)NCCc1nc(-c2ccccn2)cs1. The third kappa shape index (κ3) is 5.28. The van der Waals surface area contributed by atoms with Crippen molar-refractivity contribution in [2.24, 2.45) is 0 Å². The van der Waals surface area contributed by atoms with Crippen LogP contribution in [0.5, 0.6) is 0 Å². The molecule has 2 aromatic rings. The summed E-state index contributed by atoms with van der Waals surface area (Å²) in [6.45, 7) is 6.50. The minimum Gasteiger partial charge on any atom is -0.444 e. The highest BCUT2D eigenvalue weighted by Crippen LogP contribution is 2.22. The second-order valence-electron chi connectivity index (χ2n) is 7.71. The van der Waals surface area contributed by atoms with Crippen molar-refractivity contribution in [3.63, 3.8) is 0 Å². The average molecular weight is 403 g/mol. The van der Waals surface area contributed by atoms with E-state index < -0.39 is 17.7 Å². The molecule has 8 heteroatoms. The summed E-state index contributed by atoms with van der Waals surface area (Å²) in [5, 5.41) is 5.85. The first kappa shape index (κ1) is 20.3. The van der Waals surface area contributed by atoms with E-state index in [1.165, 1.54) is 4.90 Å². The molecule has 0 bridgehead atoms. The number of rotatable bonds is 5. The van der Waals surface area contributed by atoms with E-state index in [1.807, 2.05) is 44.4 Å². The van der Waals surface area contributed by atoms with Crippen LogP contribution >= 0.6 is 11.3 Å². The predicted octanol–water partition coefficient (Wildman–Crippen LogP) is 3.26. The number of aromatic nitrogens is 2. The number of hydrogen-bond acceptors (Lipinski definition) is 6. The van der Waals surface area contributed by atoms with Gasteiger partial charge in [0, 0.05) is 31.1 Å². The maximum absolute atomic E-state index is 12.6. The van der Waals surface area contributed by atoms with Gasteiger partial charge in [0.25, 0.3) is 0 Å². The highest BCUT2D eigenvalue weighted by atomic mass is 32.1. The van der Waals surface area contributed by atoms with Gasteiger partial charge in [0.15, 0.2) is 0 Å². The Morgan fingerprint density at radius 2 is 2.14 bits per heavy atom. The fourth-order valence-corrected chi connectivity index (χ4v) is 3.84. The summed E-state index contributed by atoms with van der Waals surface area (Å²) in [7, 11) is 0. The minimum absolute atomic E-state index is 0.134. The van der Waals surface area contributed by atoms with Crippen LogP contribution in [0.4, 0.5) is 4.79 Å². The van der Waals surface area contributed by atoms with E-state index in [4.69, 9.17) is 4.74 Å². The fourth-order valence-electron chi connectivity index (χ4n) is 3.05. The summed E-state index contributed by atoms with van der Waals surface area (Å²) >= 11 is 1.55. The van der Waals surface area contributed by atoms with E-state index in [-0.39, 0.29) is 5.91 Å². The van der Waals surface area contributed by atoms with Crippen molar-refractivity contribution in [3.05, 3.63) is 34.8 Å². The largest absolute Gasteiger partial charge is 0.444 e. The third-order valence-corrected chi connectivity index (χ3v) is 5.21. The number of pyridine rings is 1. The van der Waals surface area contributed by atoms with Gasteiger partial charge in [-0.2, -0.15) is 0 Å². The number of carbonyl (C=O) groups excluding carboxylic acids is 2. The lowest BCUT2D eigenvalue weighted by molar-refractivity contribution is -0.125. The van der Waals surface area contributed by atoms with E-state index in [9.17, 15) is 9.59 Å². The topological polar surface area (TPSA) is 84.4 Å². The molecule has 0 saturated carbocycles. The zero-order valence-corrected chi connectivity index (χ0v) is 17.3. The normalized spacial score (nSPS) is 16.8. The first-order chi connectivity index (χ1) is 13.3. The van der Waals surface area contributed by atoms with Crippen molar-refractivity contribution in [3.8, 4) is 11.4 Å². The summed E-state index contributed by atoms with van der Waals surface area (Å²) in [5.41, 5.74) is 1.11. The Balaban J connectivity index is 1.50. The fraction of sp³-hybridized carbons (Fsp3) is 0.500. The molecule has 1 aliphatic heterocycles. The maximum atomic E-state index is 12.6. The Bertz CT molecular complexity index is 816. The molecule has 3 rings (SSSR count). The molecule has 150 valence electrons. The number of thiazole rings is 1. The van der Waals surface area contributed by atoms with Gasteiger partial charge in [-0.3, -0.25) is 14.7 Å². The van der Waals surface area contributed by atoms with Gasteiger partial charge in [-0.05, 0) is 45.7 Å². The molecule has 1 aliphatic rings. The van der Waals surface area contributed by atoms with Gasteiger partial charge in [0.05, 0.1) is 16.4 Å². The van der Waals surface area contributed by atoms with Gasteiger partial charge in [-0.15, -0.1) is 11.3 Å². The number of likely N-dealkylation sites (tertiary alicyclic amines) is 1. The highest BCUT2D eigenvalue weighted by Gasteiger charge is 2.36. The molecule has 1 fully saturated rings. The monoisotopic (exact) mass is 402 g/mol. The number of nitrogens with zero attached hydrogens (tertiary/aromatic N) is 3. The maximum Gasteiger partial charge on any atom is 0.410 e. The van der Waals surface area contributed by atoms with Gasteiger partial charge in [-0.25, -0.2) is 9.78 Å². The highest BCUT2D eigenvalue weighted by molar-refractivity contribution is 7.09. The molecule has 7 nitrogen and oxygen atoms in total. The van der Waals surface area contributed by atoms with Crippen LogP contribution in [0, 0.1) is 0 Å². The Labute approximate surface area is 169 Å². The van der Waals surface area contributed by atoms with E-state index in [0.29, 0.717) is 25.9 Å².